The Morgan fingerprint density at radius 2 is 1.95 bits per heavy atom. The molecule has 0 aromatic rings. The van der Waals surface area contributed by atoms with Gasteiger partial charge in [-0.3, -0.25) is 0 Å². The summed E-state index contributed by atoms with van der Waals surface area (Å²) in [6, 6.07) is -0.458. The third kappa shape index (κ3) is 2.08. The summed E-state index contributed by atoms with van der Waals surface area (Å²) in [5, 5.41) is 0. The second-order valence-electron chi connectivity index (χ2n) is 6.15. The summed E-state index contributed by atoms with van der Waals surface area (Å²) in [6.45, 7) is 3.72. The van der Waals surface area contributed by atoms with Crippen LogP contribution in [0.1, 0.15) is 39.5 Å². The van der Waals surface area contributed by atoms with Crippen LogP contribution in [0, 0.1) is 11.3 Å². The first-order valence-corrected chi connectivity index (χ1v) is 6.74. The molecule has 0 radical (unpaired) electrons. The van der Waals surface area contributed by atoms with Gasteiger partial charge in [-0.15, -0.1) is 0 Å². The van der Waals surface area contributed by atoms with E-state index in [9.17, 15) is 14.4 Å². The molecule has 2 saturated carbocycles. The Morgan fingerprint density at radius 3 is 2.55 bits per heavy atom. The smallest absolute Gasteiger partial charge is 0.211 e. The van der Waals surface area contributed by atoms with Gasteiger partial charge in [-0.05, 0) is 45.4 Å². The molecule has 20 heavy (non-hydrogen) atoms. The summed E-state index contributed by atoms with van der Waals surface area (Å²) in [7, 11) is 0. The van der Waals surface area contributed by atoms with E-state index in [4.69, 9.17) is 0 Å². The molecule has 2 aliphatic rings. The van der Waals surface area contributed by atoms with Gasteiger partial charge in [0.05, 0.1) is 17.6 Å². The fourth-order valence-corrected chi connectivity index (χ4v) is 4.38. The first-order valence-electron chi connectivity index (χ1n) is 6.74. The number of hydrogen-bond acceptors (Lipinski definition) is 6. The molecule has 0 saturated heterocycles. The van der Waals surface area contributed by atoms with E-state index >= 15 is 0 Å². The standard InChI is InChI=1S/C14H17N3O3/c1-10(15-7-18)4-14-6-11(3-12(14)16-8-19)5-13(14,2)17-9-20/h10-12H,3-6H2,1-2H3. The van der Waals surface area contributed by atoms with Crippen molar-refractivity contribution in [1.29, 1.82) is 0 Å². The van der Waals surface area contributed by atoms with Gasteiger partial charge in [0, 0.05) is 5.41 Å². The van der Waals surface area contributed by atoms with Gasteiger partial charge in [-0.1, -0.05) is 0 Å². The Bertz CT molecular complexity index is 544. The second kappa shape index (κ2) is 5.26. The van der Waals surface area contributed by atoms with E-state index in [0.29, 0.717) is 12.3 Å². The fourth-order valence-electron chi connectivity index (χ4n) is 4.38. The monoisotopic (exact) mass is 275 g/mol. The fraction of sp³-hybridized carbons (Fsp3) is 0.786. The van der Waals surface area contributed by atoms with Crippen molar-refractivity contribution in [3.05, 3.63) is 0 Å². The van der Waals surface area contributed by atoms with Crippen molar-refractivity contribution in [3.8, 4) is 0 Å². The van der Waals surface area contributed by atoms with Crippen molar-refractivity contribution < 1.29 is 14.4 Å². The Kier molecular flexibility index (Phi) is 3.82. The molecule has 0 aliphatic heterocycles. The van der Waals surface area contributed by atoms with Gasteiger partial charge < -0.3 is 0 Å². The molecule has 106 valence electrons. The zero-order valence-corrected chi connectivity index (χ0v) is 11.6. The van der Waals surface area contributed by atoms with Gasteiger partial charge in [-0.2, -0.15) is 4.99 Å². The van der Waals surface area contributed by atoms with Crippen LogP contribution in [0.5, 0.6) is 0 Å². The largest absolute Gasteiger partial charge is 0.235 e. The van der Waals surface area contributed by atoms with Crippen molar-refractivity contribution in [2.45, 2.75) is 57.2 Å². The molecule has 5 unspecified atom stereocenters. The minimum Gasteiger partial charge on any atom is -0.211 e. The maximum atomic E-state index is 10.8. The molecule has 5 atom stereocenters. The number of aliphatic imine (C=N–C) groups is 3. The van der Waals surface area contributed by atoms with Crippen molar-refractivity contribution in [2.24, 2.45) is 26.3 Å². The van der Waals surface area contributed by atoms with E-state index in [1.54, 1.807) is 18.2 Å². The summed E-state index contributed by atoms with van der Waals surface area (Å²) in [4.78, 5) is 43.6. The summed E-state index contributed by atoms with van der Waals surface area (Å²) in [5.41, 5.74) is -1.03. The first kappa shape index (κ1) is 14.5. The lowest BCUT2D eigenvalue weighted by atomic mass is 9.64. The molecule has 2 aliphatic carbocycles. The lowest BCUT2D eigenvalue weighted by molar-refractivity contribution is 0.114. The molecular formula is C14H17N3O3. The highest BCUT2D eigenvalue weighted by Crippen LogP contribution is 2.64. The molecule has 0 amide bonds. The number of nitrogens with zero attached hydrogens (tertiary/aromatic N) is 3. The van der Waals surface area contributed by atoms with Crippen molar-refractivity contribution >= 4 is 18.2 Å². The average Bonchev–Trinajstić information content (AvgIpc) is 2.81. The third-order valence-corrected chi connectivity index (χ3v) is 5.04. The van der Waals surface area contributed by atoms with E-state index in [2.05, 4.69) is 15.0 Å². The first-order chi connectivity index (χ1) is 9.51. The van der Waals surface area contributed by atoms with Crippen LogP contribution in [-0.2, 0) is 14.4 Å². The molecular weight excluding hydrogens is 258 g/mol. The highest BCUT2D eigenvalue weighted by molar-refractivity contribution is 5.39. The van der Waals surface area contributed by atoms with Crippen LogP contribution in [0.15, 0.2) is 15.0 Å². The van der Waals surface area contributed by atoms with E-state index in [0.717, 1.165) is 19.3 Å². The molecule has 0 aromatic heterocycles. The average molecular weight is 275 g/mol. The topological polar surface area (TPSA) is 88.3 Å². The summed E-state index contributed by atoms with van der Waals surface area (Å²) >= 11 is 0. The molecule has 6 heteroatoms. The summed E-state index contributed by atoms with van der Waals surface area (Å²) in [6.07, 6.45) is 7.82. The zero-order chi connectivity index (χ0) is 14.8. The number of carbonyl (C=O) groups excluding carboxylic acids is 3. The van der Waals surface area contributed by atoms with Gasteiger partial charge in [0.25, 0.3) is 0 Å². The molecule has 0 spiro atoms. The quantitative estimate of drug-likeness (QED) is 0.565. The molecule has 2 rings (SSSR count). The van der Waals surface area contributed by atoms with Crippen molar-refractivity contribution in [2.75, 3.05) is 0 Å². The van der Waals surface area contributed by atoms with Crippen molar-refractivity contribution in [3.63, 3.8) is 0 Å². The van der Waals surface area contributed by atoms with Crippen LogP contribution in [-0.4, -0.2) is 35.9 Å². The summed E-state index contributed by atoms with van der Waals surface area (Å²) < 4.78 is 0. The maximum absolute atomic E-state index is 10.8. The van der Waals surface area contributed by atoms with Crippen LogP contribution < -0.4 is 0 Å². The van der Waals surface area contributed by atoms with Gasteiger partial charge in [-0.25, -0.2) is 24.4 Å². The Hall–Kier alpha value is -1.86. The predicted molar refractivity (Wildman–Crippen MR) is 70.4 cm³/mol. The number of rotatable bonds is 5. The summed E-state index contributed by atoms with van der Waals surface area (Å²) in [5.74, 6) is 0.381. The van der Waals surface area contributed by atoms with E-state index in [1.807, 2.05) is 13.8 Å². The molecule has 0 N–H and O–H groups in total. The van der Waals surface area contributed by atoms with E-state index < -0.39 is 11.0 Å². The molecule has 2 fully saturated rings. The lowest BCUT2D eigenvalue weighted by Crippen LogP contribution is -2.49. The zero-order valence-electron chi connectivity index (χ0n) is 11.6. The van der Waals surface area contributed by atoms with Crippen LogP contribution >= 0.6 is 0 Å². The Morgan fingerprint density at radius 1 is 1.20 bits per heavy atom. The lowest BCUT2D eigenvalue weighted by Gasteiger charge is -2.44. The minimum atomic E-state index is -0.602. The minimum absolute atomic E-state index is 0.217. The third-order valence-electron chi connectivity index (χ3n) is 5.04. The Balaban J connectivity index is 2.44. The van der Waals surface area contributed by atoms with Gasteiger partial charge in [0.2, 0.25) is 18.2 Å². The molecule has 2 bridgehead atoms. The maximum Gasteiger partial charge on any atom is 0.235 e. The molecule has 6 nitrogen and oxygen atoms in total. The van der Waals surface area contributed by atoms with Crippen LogP contribution in [0.25, 0.3) is 0 Å². The van der Waals surface area contributed by atoms with E-state index in [1.165, 1.54) is 0 Å². The Labute approximate surface area is 117 Å². The van der Waals surface area contributed by atoms with Gasteiger partial charge in [0.15, 0.2) is 0 Å². The number of fused-ring (bicyclic) bond motifs is 2. The SMILES string of the molecule is CC(CC12CC(CC1N=C=O)CC2(C)N=C=O)N=C=O. The highest BCUT2D eigenvalue weighted by Gasteiger charge is 2.65. The van der Waals surface area contributed by atoms with Crippen molar-refractivity contribution in [1.82, 2.24) is 0 Å². The van der Waals surface area contributed by atoms with Gasteiger partial charge in [0.1, 0.15) is 0 Å². The normalized spacial score (nSPS) is 39.3. The molecule has 0 heterocycles. The highest BCUT2D eigenvalue weighted by atomic mass is 16.1. The van der Waals surface area contributed by atoms with E-state index in [-0.39, 0.29) is 12.1 Å². The van der Waals surface area contributed by atoms with Crippen LogP contribution in [0.3, 0.4) is 0 Å². The number of isocyanates is 3. The van der Waals surface area contributed by atoms with Gasteiger partial charge >= 0.3 is 0 Å². The number of hydrogen-bond donors (Lipinski definition) is 0. The van der Waals surface area contributed by atoms with Crippen LogP contribution in [0.2, 0.25) is 0 Å². The molecule has 0 aromatic carbocycles. The predicted octanol–water partition coefficient (Wildman–Crippen LogP) is 1.70. The second-order valence-corrected chi connectivity index (χ2v) is 6.15. The van der Waals surface area contributed by atoms with Crippen LogP contribution in [0.4, 0.5) is 0 Å².